The van der Waals surface area contributed by atoms with Gasteiger partial charge in [-0.05, 0) is 34.6 Å². The number of amides is 1. The smallest absolute Gasteiger partial charge is 0.408 e. The Kier molecular flexibility index (Phi) is 5.18. The predicted molar refractivity (Wildman–Crippen MR) is 74.3 cm³/mol. The van der Waals surface area contributed by atoms with Gasteiger partial charge < -0.3 is 25.0 Å². The van der Waals surface area contributed by atoms with E-state index in [-0.39, 0.29) is 0 Å². The van der Waals surface area contributed by atoms with Crippen molar-refractivity contribution in [3.8, 4) is 0 Å². The first-order valence-corrected chi connectivity index (χ1v) is 6.70. The second-order valence-corrected chi connectivity index (χ2v) is 6.47. The fraction of sp³-hybridized carbons (Fsp3) is 0.786. The van der Waals surface area contributed by atoms with Gasteiger partial charge in [0.1, 0.15) is 11.7 Å². The van der Waals surface area contributed by atoms with Gasteiger partial charge >= 0.3 is 6.09 Å². The second kappa shape index (κ2) is 6.11. The van der Waals surface area contributed by atoms with E-state index in [2.05, 4.69) is 5.32 Å². The largest absolute Gasteiger partial charge is 0.444 e. The van der Waals surface area contributed by atoms with Gasteiger partial charge in [0, 0.05) is 0 Å². The topological polar surface area (TPSA) is 88.0 Å². The molecule has 0 aromatic rings. The maximum Gasteiger partial charge on any atom is 0.408 e. The summed E-state index contributed by atoms with van der Waals surface area (Å²) >= 11 is 0. The first-order valence-electron chi connectivity index (χ1n) is 6.70. The maximum atomic E-state index is 11.8. The van der Waals surface area contributed by atoms with Gasteiger partial charge in [-0.15, -0.1) is 0 Å². The molecule has 0 spiro atoms. The Balaban J connectivity index is 2.72. The number of nitrogens with one attached hydrogen (secondary N) is 1. The molecule has 0 aromatic carbocycles. The molecule has 0 bridgehead atoms. The summed E-state index contributed by atoms with van der Waals surface area (Å²) in [5.41, 5.74) is -1.10. The summed E-state index contributed by atoms with van der Waals surface area (Å²) in [6.07, 6.45) is 1.31. The van der Waals surface area contributed by atoms with Crippen LogP contribution in [-0.4, -0.2) is 52.4 Å². The van der Waals surface area contributed by atoms with Crippen LogP contribution in [0.15, 0.2) is 12.2 Å². The van der Waals surface area contributed by atoms with Crippen LogP contribution < -0.4 is 5.32 Å². The molecule has 0 radical (unpaired) electrons. The molecule has 1 heterocycles. The van der Waals surface area contributed by atoms with Crippen LogP contribution in [0.3, 0.4) is 0 Å². The molecular formula is C14H25NO5. The molecule has 0 saturated heterocycles. The Morgan fingerprint density at radius 1 is 1.50 bits per heavy atom. The zero-order valence-electron chi connectivity index (χ0n) is 12.7. The van der Waals surface area contributed by atoms with Crippen molar-refractivity contribution in [2.75, 3.05) is 6.61 Å². The Morgan fingerprint density at radius 3 is 2.50 bits per heavy atom. The van der Waals surface area contributed by atoms with Gasteiger partial charge in [0.05, 0.1) is 24.4 Å². The quantitative estimate of drug-likeness (QED) is 0.670. The van der Waals surface area contributed by atoms with E-state index >= 15 is 0 Å². The molecule has 1 aliphatic heterocycles. The highest BCUT2D eigenvalue weighted by atomic mass is 16.6. The number of carbonyl (C=O) groups excluding carboxylic acids is 1. The number of hydrogen-bond donors (Lipinski definition) is 3. The average Bonchev–Trinajstić information content (AvgIpc) is 2.63. The van der Waals surface area contributed by atoms with Gasteiger partial charge in [-0.3, -0.25) is 0 Å². The monoisotopic (exact) mass is 287 g/mol. The van der Waals surface area contributed by atoms with Crippen molar-refractivity contribution in [1.29, 1.82) is 0 Å². The van der Waals surface area contributed by atoms with Crippen LogP contribution in [0.25, 0.3) is 0 Å². The highest BCUT2D eigenvalue weighted by molar-refractivity contribution is 5.68. The Bertz CT molecular complexity index is 372. The summed E-state index contributed by atoms with van der Waals surface area (Å²) in [5, 5.41) is 21.5. The predicted octanol–water partition coefficient (Wildman–Crippen LogP) is 0.966. The molecule has 1 amide bonds. The van der Waals surface area contributed by atoms with E-state index < -0.39 is 42.2 Å². The van der Waals surface area contributed by atoms with Gasteiger partial charge in [0.15, 0.2) is 0 Å². The van der Waals surface area contributed by atoms with Gasteiger partial charge in [0.25, 0.3) is 0 Å². The van der Waals surface area contributed by atoms with E-state index in [1.165, 1.54) is 0 Å². The van der Waals surface area contributed by atoms with Crippen LogP contribution in [0.5, 0.6) is 0 Å². The lowest BCUT2D eigenvalue weighted by Gasteiger charge is -2.30. The van der Waals surface area contributed by atoms with E-state index in [9.17, 15) is 9.90 Å². The third-order valence-electron chi connectivity index (χ3n) is 2.77. The molecule has 0 saturated carbocycles. The number of aliphatic hydroxyl groups excluding tert-OH is 2. The average molecular weight is 287 g/mol. The molecule has 0 unspecified atom stereocenters. The number of rotatable bonds is 4. The lowest BCUT2D eigenvalue weighted by atomic mass is 10.1. The molecular weight excluding hydrogens is 262 g/mol. The van der Waals surface area contributed by atoms with Crippen molar-refractivity contribution in [2.24, 2.45) is 0 Å². The van der Waals surface area contributed by atoms with Gasteiger partial charge in [-0.1, -0.05) is 12.2 Å². The van der Waals surface area contributed by atoms with Crippen LogP contribution >= 0.6 is 0 Å². The van der Waals surface area contributed by atoms with Crippen LogP contribution in [0.1, 0.15) is 34.6 Å². The molecule has 116 valence electrons. The SMILES string of the molecule is CC(C)(C)OC(=O)N[C@H]([C@H](O)CO)[C@H]1C=CC(C)(C)O1. The van der Waals surface area contributed by atoms with Crippen LogP contribution in [-0.2, 0) is 9.47 Å². The Morgan fingerprint density at radius 2 is 2.10 bits per heavy atom. The summed E-state index contributed by atoms with van der Waals surface area (Å²) in [7, 11) is 0. The number of carbonyl (C=O) groups is 1. The van der Waals surface area contributed by atoms with Crippen LogP contribution in [0.4, 0.5) is 4.79 Å². The van der Waals surface area contributed by atoms with Gasteiger partial charge in [-0.25, -0.2) is 4.79 Å². The fourth-order valence-electron chi connectivity index (χ4n) is 1.90. The van der Waals surface area contributed by atoms with E-state index in [0.717, 1.165) is 0 Å². The van der Waals surface area contributed by atoms with Crippen LogP contribution in [0, 0.1) is 0 Å². The zero-order valence-corrected chi connectivity index (χ0v) is 12.7. The Labute approximate surface area is 119 Å². The third kappa shape index (κ3) is 5.11. The fourth-order valence-corrected chi connectivity index (χ4v) is 1.90. The van der Waals surface area contributed by atoms with E-state index in [4.69, 9.17) is 14.6 Å². The normalized spacial score (nSPS) is 24.2. The minimum atomic E-state index is -1.13. The minimum absolute atomic E-state index is 0.465. The number of aliphatic hydroxyl groups is 2. The van der Waals surface area contributed by atoms with E-state index in [0.29, 0.717) is 0 Å². The number of ether oxygens (including phenoxy) is 2. The molecule has 3 N–H and O–H groups in total. The first kappa shape index (κ1) is 16.9. The molecule has 1 rings (SSSR count). The summed E-state index contributed by atoms with van der Waals surface area (Å²) in [5.74, 6) is 0. The number of hydrogen-bond acceptors (Lipinski definition) is 5. The van der Waals surface area contributed by atoms with Crippen molar-refractivity contribution < 1.29 is 24.5 Å². The minimum Gasteiger partial charge on any atom is -0.444 e. The Hall–Kier alpha value is -1.11. The molecule has 3 atom stereocenters. The summed E-state index contributed by atoms with van der Waals surface area (Å²) in [4.78, 5) is 11.8. The van der Waals surface area contributed by atoms with Crippen molar-refractivity contribution in [2.45, 2.75) is 64.1 Å². The second-order valence-electron chi connectivity index (χ2n) is 6.47. The molecule has 6 nitrogen and oxygen atoms in total. The third-order valence-corrected chi connectivity index (χ3v) is 2.77. The van der Waals surface area contributed by atoms with E-state index in [1.807, 2.05) is 19.9 Å². The summed E-state index contributed by atoms with van der Waals surface area (Å²) < 4.78 is 10.9. The molecule has 1 aliphatic rings. The molecule has 6 heteroatoms. The zero-order chi connectivity index (χ0) is 15.6. The molecule has 0 aliphatic carbocycles. The van der Waals surface area contributed by atoms with Crippen molar-refractivity contribution >= 4 is 6.09 Å². The first-order chi connectivity index (χ1) is 9.04. The van der Waals surface area contributed by atoms with E-state index in [1.54, 1.807) is 26.8 Å². The highest BCUT2D eigenvalue weighted by Crippen LogP contribution is 2.25. The molecule has 20 heavy (non-hydrogen) atoms. The van der Waals surface area contributed by atoms with Gasteiger partial charge in [0.2, 0.25) is 0 Å². The summed E-state index contributed by atoms with van der Waals surface area (Å²) in [6, 6.07) is -0.770. The number of alkyl carbamates (subject to hydrolysis) is 1. The van der Waals surface area contributed by atoms with Crippen molar-refractivity contribution in [3.63, 3.8) is 0 Å². The van der Waals surface area contributed by atoms with Crippen LogP contribution in [0.2, 0.25) is 0 Å². The standard InChI is InChI=1S/C14H25NO5/c1-13(2,3)20-12(18)15-11(9(17)8-16)10-6-7-14(4,5)19-10/h6-7,9-11,16-17H,8H2,1-5H3,(H,15,18)/t9-,10-,11-/m1/s1. The lowest BCUT2D eigenvalue weighted by molar-refractivity contribution is -0.0521. The lowest BCUT2D eigenvalue weighted by Crippen LogP contribution is -2.53. The molecule has 0 aromatic heterocycles. The highest BCUT2D eigenvalue weighted by Gasteiger charge is 2.36. The summed E-state index contributed by atoms with van der Waals surface area (Å²) in [6.45, 7) is 8.52. The maximum absolute atomic E-state index is 11.8. The molecule has 0 fully saturated rings. The van der Waals surface area contributed by atoms with Crippen molar-refractivity contribution in [3.05, 3.63) is 12.2 Å². The van der Waals surface area contributed by atoms with Gasteiger partial charge in [-0.2, -0.15) is 0 Å². The van der Waals surface area contributed by atoms with Crippen molar-refractivity contribution in [1.82, 2.24) is 5.32 Å².